The van der Waals surface area contributed by atoms with E-state index in [0.717, 1.165) is 6.20 Å². The number of hydrogen-bond donors (Lipinski definition) is 2. The third-order valence-electron chi connectivity index (χ3n) is 3.11. The number of carbonyl (C=O) groups is 3. The summed E-state index contributed by atoms with van der Waals surface area (Å²) in [5.41, 5.74) is 0.574. The van der Waals surface area contributed by atoms with Gasteiger partial charge < -0.3 is 20.6 Å². The van der Waals surface area contributed by atoms with E-state index in [4.69, 9.17) is 4.74 Å². The molecule has 0 aliphatic heterocycles. The predicted octanol–water partition coefficient (Wildman–Crippen LogP) is 0.865. The zero-order chi connectivity index (χ0) is 18.2. The van der Waals surface area contributed by atoms with E-state index in [1.807, 2.05) is 0 Å². The van der Waals surface area contributed by atoms with E-state index in [1.54, 1.807) is 25.1 Å². The Bertz CT molecular complexity index is 791. The summed E-state index contributed by atoms with van der Waals surface area (Å²) < 4.78 is 5.17. The van der Waals surface area contributed by atoms with Gasteiger partial charge in [-0.2, -0.15) is 4.73 Å². The smallest absolute Gasteiger partial charge is 0.405 e. The molecule has 1 aromatic carbocycles. The van der Waals surface area contributed by atoms with Crippen LogP contribution in [0.1, 0.15) is 27.8 Å². The van der Waals surface area contributed by atoms with Crippen molar-refractivity contribution in [3.63, 3.8) is 0 Å². The van der Waals surface area contributed by atoms with Gasteiger partial charge in [0, 0.05) is 29.9 Å². The number of pyridine rings is 1. The van der Waals surface area contributed by atoms with E-state index in [9.17, 15) is 19.6 Å². The van der Waals surface area contributed by atoms with Gasteiger partial charge in [0.05, 0.1) is 0 Å². The van der Waals surface area contributed by atoms with Gasteiger partial charge in [-0.05, 0) is 31.2 Å². The van der Waals surface area contributed by atoms with Crippen LogP contribution >= 0.6 is 0 Å². The molecule has 0 atom stereocenters. The topological polar surface area (TPSA) is 111 Å². The molecule has 1 aromatic heterocycles. The first-order valence-electron chi connectivity index (χ1n) is 7.54. The Hall–Kier alpha value is -3.42. The maximum Gasteiger partial charge on any atom is 0.405 e. The van der Waals surface area contributed by atoms with E-state index in [0.29, 0.717) is 22.5 Å². The molecule has 1 heterocycles. The number of anilines is 1. The third-order valence-corrected chi connectivity index (χ3v) is 3.11. The van der Waals surface area contributed by atoms with Crippen LogP contribution in [0, 0.1) is 5.21 Å². The van der Waals surface area contributed by atoms with Crippen LogP contribution in [0.2, 0.25) is 0 Å². The van der Waals surface area contributed by atoms with Crippen molar-refractivity contribution in [1.82, 2.24) is 5.32 Å². The van der Waals surface area contributed by atoms with Gasteiger partial charge in [-0.25, -0.2) is 4.79 Å². The SMILES string of the molecule is CCNC(=O)c1cccc(NC(=O)COC(=O)c2cccc[n+]2[O-])c1. The monoisotopic (exact) mass is 343 g/mol. The number of aromatic nitrogens is 1. The molecule has 0 saturated carbocycles. The Labute approximate surface area is 144 Å². The molecule has 0 fully saturated rings. The van der Waals surface area contributed by atoms with Crippen molar-refractivity contribution in [2.75, 3.05) is 18.5 Å². The maximum atomic E-state index is 11.9. The van der Waals surface area contributed by atoms with Crippen LogP contribution in [-0.4, -0.2) is 30.9 Å². The van der Waals surface area contributed by atoms with E-state index in [1.165, 1.54) is 24.3 Å². The van der Waals surface area contributed by atoms with Crippen molar-refractivity contribution >= 4 is 23.5 Å². The second kappa shape index (κ2) is 8.44. The standard InChI is InChI=1S/C17H17N3O5/c1-2-18-16(22)12-6-5-7-13(10-12)19-15(21)11-25-17(23)14-8-3-4-9-20(14)24/h3-10H,2,11H2,1H3,(H,18,22)(H,19,21). The average molecular weight is 343 g/mol. The fourth-order valence-electron chi connectivity index (χ4n) is 1.99. The van der Waals surface area contributed by atoms with Crippen LogP contribution in [0.15, 0.2) is 48.7 Å². The molecule has 0 unspecified atom stereocenters. The van der Waals surface area contributed by atoms with Gasteiger partial charge in [0.25, 0.3) is 11.8 Å². The van der Waals surface area contributed by atoms with Crippen molar-refractivity contribution in [1.29, 1.82) is 0 Å². The number of amides is 2. The highest BCUT2D eigenvalue weighted by Gasteiger charge is 2.18. The lowest BCUT2D eigenvalue weighted by Gasteiger charge is -2.08. The minimum absolute atomic E-state index is 0.214. The van der Waals surface area contributed by atoms with Crippen LogP contribution in [0.5, 0.6) is 0 Å². The molecule has 8 heteroatoms. The Balaban J connectivity index is 1.92. The number of benzene rings is 1. The van der Waals surface area contributed by atoms with E-state index in [2.05, 4.69) is 10.6 Å². The molecule has 8 nitrogen and oxygen atoms in total. The molecular weight excluding hydrogens is 326 g/mol. The average Bonchev–Trinajstić information content (AvgIpc) is 2.60. The fourth-order valence-corrected chi connectivity index (χ4v) is 1.99. The van der Waals surface area contributed by atoms with Crippen LogP contribution in [0.3, 0.4) is 0 Å². The number of hydrogen-bond acceptors (Lipinski definition) is 5. The summed E-state index contributed by atoms with van der Waals surface area (Å²) in [5.74, 6) is -1.74. The minimum Gasteiger partial charge on any atom is -0.618 e. The highest BCUT2D eigenvalue weighted by atomic mass is 16.5. The Morgan fingerprint density at radius 2 is 1.96 bits per heavy atom. The second-order valence-electron chi connectivity index (χ2n) is 4.98. The summed E-state index contributed by atoms with van der Waals surface area (Å²) >= 11 is 0. The molecule has 0 aliphatic carbocycles. The molecule has 2 rings (SSSR count). The number of carbonyl (C=O) groups excluding carboxylic acids is 3. The van der Waals surface area contributed by atoms with E-state index in [-0.39, 0.29) is 11.6 Å². The van der Waals surface area contributed by atoms with Crippen LogP contribution in [0.25, 0.3) is 0 Å². The Kier molecular flexibility index (Phi) is 6.05. The third kappa shape index (κ3) is 5.03. The zero-order valence-electron chi connectivity index (χ0n) is 13.5. The van der Waals surface area contributed by atoms with Gasteiger partial charge in [-0.1, -0.05) is 6.07 Å². The van der Waals surface area contributed by atoms with Crippen LogP contribution < -0.4 is 15.4 Å². The van der Waals surface area contributed by atoms with Crippen molar-refractivity contribution in [3.05, 3.63) is 65.1 Å². The summed E-state index contributed by atoms with van der Waals surface area (Å²) in [4.78, 5) is 35.4. The summed E-state index contributed by atoms with van der Waals surface area (Å²) in [5, 5.41) is 16.6. The van der Waals surface area contributed by atoms with Crippen molar-refractivity contribution in [2.45, 2.75) is 6.92 Å². The van der Waals surface area contributed by atoms with Crippen molar-refractivity contribution < 1.29 is 23.9 Å². The fraction of sp³-hybridized carbons (Fsp3) is 0.176. The van der Waals surface area contributed by atoms with Gasteiger partial charge >= 0.3 is 11.7 Å². The molecule has 0 aliphatic rings. The molecule has 0 spiro atoms. The lowest BCUT2D eigenvalue weighted by Crippen LogP contribution is -2.35. The van der Waals surface area contributed by atoms with E-state index < -0.39 is 18.5 Å². The van der Waals surface area contributed by atoms with Gasteiger partial charge in [-0.15, -0.1) is 0 Å². The number of rotatable bonds is 6. The first-order valence-corrected chi connectivity index (χ1v) is 7.54. The number of esters is 1. The molecule has 2 N–H and O–H groups in total. The molecule has 0 radical (unpaired) electrons. The van der Waals surface area contributed by atoms with Gasteiger partial charge in [-0.3, -0.25) is 9.59 Å². The van der Waals surface area contributed by atoms with Crippen molar-refractivity contribution in [2.24, 2.45) is 0 Å². The van der Waals surface area contributed by atoms with Crippen LogP contribution in [0.4, 0.5) is 5.69 Å². The summed E-state index contributed by atoms with van der Waals surface area (Å²) in [6, 6.07) is 10.6. The summed E-state index contributed by atoms with van der Waals surface area (Å²) in [7, 11) is 0. The maximum absolute atomic E-state index is 11.9. The minimum atomic E-state index is -0.901. The second-order valence-corrected chi connectivity index (χ2v) is 4.98. The normalized spacial score (nSPS) is 9.96. The molecule has 0 saturated heterocycles. The lowest BCUT2D eigenvalue weighted by molar-refractivity contribution is -0.608. The van der Waals surface area contributed by atoms with E-state index >= 15 is 0 Å². The lowest BCUT2D eigenvalue weighted by atomic mass is 10.2. The highest BCUT2D eigenvalue weighted by molar-refractivity contribution is 5.98. The number of nitrogens with one attached hydrogen (secondary N) is 2. The number of ether oxygens (including phenoxy) is 1. The Morgan fingerprint density at radius 3 is 2.68 bits per heavy atom. The number of nitrogens with zero attached hydrogens (tertiary/aromatic N) is 1. The first-order chi connectivity index (χ1) is 12.0. The zero-order valence-corrected chi connectivity index (χ0v) is 13.5. The summed E-state index contributed by atoms with van der Waals surface area (Å²) in [6.07, 6.45) is 1.16. The highest BCUT2D eigenvalue weighted by Crippen LogP contribution is 2.10. The Morgan fingerprint density at radius 1 is 1.16 bits per heavy atom. The predicted molar refractivity (Wildman–Crippen MR) is 88.8 cm³/mol. The quantitative estimate of drug-likeness (QED) is 0.459. The van der Waals surface area contributed by atoms with Crippen LogP contribution in [-0.2, 0) is 9.53 Å². The molecule has 130 valence electrons. The summed E-state index contributed by atoms with van der Waals surface area (Å²) in [6.45, 7) is 1.74. The van der Waals surface area contributed by atoms with Gasteiger partial charge in [0.15, 0.2) is 12.8 Å². The molecule has 25 heavy (non-hydrogen) atoms. The van der Waals surface area contributed by atoms with Gasteiger partial charge in [0.2, 0.25) is 0 Å². The molecule has 2 aromatic rings. The molecular formula is C17H17N3O5. The molecule has 2 amide bonds. The van der Waals surface area contributed by atoms with Gasteiger partial charge in [0.1, 0.15) is 0 Å². The largest absolute Gasteiger partial charge is 0.618 e. The molecule has 0 bridgehead atoms. The van der Waals surface area contributed by atoms with Crippen molar-refractivity contribution in [3.8, 4) is 0 Å². The first kappa shape index (κ1) is 17.9.